The van der Waals surface area contributed by atoms with E-state index in [4.69, 9.17) is 5.73 Å². The van der Waals surface area contributed by atoms with Gasteiger partial charge in [0, 0.05) is 26.1 Å². The molecule has 0 spiro atoms. The van der Waals surface area contributed by atoms with Gasteiger partial charge in [-0.05, 0) is 56.0 Å². The molecule has 150 valence electrons. The summed E-state index contributed by atoms with van der Waals surface area (Å²) in [7, 11) is 0. The van der Waals surface area contributed by atoms with E-state index in [1.54, 1.807) is 0 Å². The largest absolute Gasteiger partial charge is 0.356 e. The van der Waals surface area contributed by atoms with Crippen LogP contribution in [0.2, 0.25) is 0 Å². The zero-order valence-corrected chi connectivity index (χ0v) is 17.7. The average Bonchev–Trinajstić information content (AvgIpc) is 2.51. The quantitative estimate of drug-likeness (QED) is 0.647. The summed E-state index contributed by atoms with van der Waals surface area (Å²) in [6.07, 6.45) is 9.05. The van der Waals surface area contributed by atoms with Crippen molar-refractivity contribution in [3.63, 3.8) is 0 Å². The highest BCUT2D eigenvalue weighted by molar-refractivity contribution is 5.85. The molecule has 1 saturated heterocycles. The predicted molar refractivity (Wildman–Crippen MR) is 111 cm³/mol. The van der Waals surface area contributed by atoms with Crippen molar-refractivity contribution in [3.05, 3.63) is 0 Å². The molecule has 0 bridgehead atoms. The number of likely N-dealkylation sites (tertiary alicyclic amines) is 1. The number of halogens is 2. The zero-order valence-electron chi connectivity index (χ0n) is 16.1. The van der Waals surface area contributed by atoms with Gasteiger partial charge in [0.25, 0.3) is 0 Å². The van der Waals surface area contributed by atoms with E-state index in [0.717, 1.165) is 44.2 Å². The van der Waals surface area contributed by atoms with Crippen LogP contribution in [-0.4, -0.2) is 43.5 Å². The Kier molecular flexibility index (Phi) is 12.4. The molecule has 2 fully saturated rings. The number of amides is 1. The Bertz CT molecular complexity index is 366. The SMILES string of the molecule is CC1CC(C)CN(CCCNC(=O)CC2(CN)CCCCC2)C1.Cl.Cl. The Labute approximate surface area is 166 Å². The van der Waals surface area contributed by atoms with Crippen molar-refractivity contribution in [1.29, 1.82) is 0 Å². The number of nitrogens with two attached hydrogens (primary N) is 1. The summed E-state index contributed by atoms with van der Waals surface area (Å²) in [5.74, 6) is 1.82. The third-order valence-electron chi connectivity index (χ3n) is 5.80. The topological polar surface area (TPSA) is 58.4 Å². The smallest absolute Gasteiger partial charge is 0.220 e. The van der Waals surface area contributed by atoms with E-state index >= 15 is 0 Å². The molecule has 1 aliphatic heterocycles. The molecular weight excluding hydrogens is 357 g/mol. The Morgan fingerprint density at radius 1 is 1.12 bits per heavy atom. The second kappa shape index (κ2) is 12.4. The Hall–Kier alpha value is -0.0300. The van der Waals surface area contributed by atoms with Crippen LogP contribution in [0.4, 0.5) is 0 Å². The van der Waals surface area contributed by atoms with Crippen LogP contribution in [0, 0.1) is 17.3 Å². The van der Waals surface area contributed by atoms with Crippen molar-refractivity contribution in [2.75, 3.05) is 32.7 Å². The van der Waals surface area contributed by atoms with E-state index in [2.05, 4.69) is 24.1 Å². The van der Waals surface area contributed by atoms with E-state index in [1.807, 2.05) is 0 Å². The summed E-state index contributed by atoms with van der Waals surface area (Å²) >= 11 is 0. The molecule has 2 atom stereocenters. The monoisotopic (exact) mass is 395 g/mol. The maximum atomic E-state index is 12.3. The van der Waals surface area contributed by atoms with Gasteiger partial charge in [0.1, 0.15) is 0 Å². The van der Waals surface area contributed by atoms with Crippen LogP contribution in [0.25, 0.3) is 0 Å². The summed E-state index contributed by atoms with van der Waals surface area (Å²) in [6, 6.07) is 0. The molecule has 1 aliphatic carbocycles. The first-order valence-electron chi connectivity index (χ1n) is 9.72. The number of hydrogen-bond donors (Lipinski definition) is 2. The molecular formula is C19H39Cl2N3O. The van der Waals surface area contributed by atoms with Gasteiger partial charge >= 0.3 is 0 Å². The van der Waals surface area contributed by atoms with Crippen molar-refractivity contribution in [2.45, 2.75) is 65.2 Å². The number of nitrogens with one attached hydrogen (secondary N) is 1. The first kappa shape index (κ1) is 25.0. The maximum Gasteiger partial charge on any atom is 0.220 e. The van der Waals surface area contributed by atoms with Gasteiger partial charge in [0.2, 0.25) is 5.91 Å². The van der Waals surface area contributed by atoms with E-state index in [1.165, 1.54) is 38.8 Å². The normalized spacial score (nSPS) is 26.2. The van der Waals surface area contributed by atoms with Crippen molar-refractivity contribution < 1.29 is 4.79 Å². The molecule has 0 radical (unpaired) electrons. The van der Waals surface area contributed by atoms with Crippen molar-refractivity contribution in [2.24, 2.45) is 23.0 Å². The number of piperidine rings is 1. The summed E-state index contributed by atoms with van der Waals surface area (Å²) in [5.41, 5.74) is 6.06. The zero-order chi connectivity index (χ0) is 16.7. The van der Waals surface area contributed by atoms with E-state index in [-0.39, 0.29) is 36.1 Å². The third-order valence-corrected chi connectivity index (χ3v) is 5.80. The van der Waals surface area contributed by atoms with Crippen molar-refractivity contribution in [3.8, 4) is 0 Å². The lowest BCUT2D eigenvalue weighted by Gasteiger charge is -2.36. The fourth-order valence-electron chi connectivity index (χ4n) is 4.66. The van der Waals surface area contributed by atoms with Crippen molar-refractivity contribution in [1.82, 2.24) is 10.2 Å². The Morgan fingerprint density at radius 2 is 1.72 bits per heavy atom. The highest BCUT2D eigenvalue weighted by atomic mass is 35.5. The molecule has 2 rings (SSSR count). The molecule has 1 saturated carbocycles. The van der Waals surface area contributed by atoms with Gasteiger partial charge in [-0.1, -0.05) is 33.1 Å². The van der Waals surface area contributed by atoms with Gasteiger partial charge < -0.3 is 16.0 Å². The van der Waals surface area contributed by atoms with Gasteiger partial charge in [-0.3, -0.25) is 4.79 Å². The lowest BCUT2D eigenvalue weighted by molar-refractivity contribution is -0.123. The fraction of sp³-hybridized carbons (Fsp3) is 0.947. The first-order valence-corrected chi connectivity index (χ1v) is 9.72. The van der Waals surface area contributed by atoms with Crippen molar-refractivity contribution >= 4 is 30.7 Å². The van der Waals surface area contributed by atoms with Gasteiger partial charge in [0.05, 0.1) is 0 Å². The second-order valence-corrected chi connectivity index (χ2v) is 8.35. The van der Waals surface area contributed by atoms with Crippen LogP contribution < -0.4 is 11.1 Å². The van der Waals surface area contributed by atoms with Crippen LogP contribution in [-0.2, 0) is 4.79 Å². The highest BCUT2D eigenvalue weighted by Crippen LogP contribution is 2.38. The molecule has 2 aliphatic rings. The molecule has 3 N–H and O–H groups in total. The fourth-order valence-corrected chi connectivity index (χ4v) is 4.66. The van der Waals surface area contributed by atoms with Gasteiger partial charge in [-0.25, -0.2) is 0 Å². The van der Waals surface area contributed by atoms with Crippen LogP contribution in [0.5, 0.6) is 0 Å². The van der Waals surface area contributed by atoms with E-state index in [9.17, 15) is 4.79 Å². The molecule has 0 aromatic rings. The summed E-state index contributed by atoms with van der Waals surface area (Å²) in [4.78, 5) is 14.8. The molecule has 0 aromatic carbocycles. The standard InChI is InChI=1S/C19H37N3O.2ClH/c1-16-11-17(2)14-22(13-16)10-6-9-21-18(23)12-19(15-20)7-4-3-5-8-19;;/h16-17H,3-15,20H2,1-2H3,(H,21,23);2*1H. The summed E-state index contributed by atoms with van der Waals surface area (Å²) in [5, 5.41) is 3.13. The molecule has 1 amide bonds. The minimum absolute atomic E-state index is 0. The van der Waals surface area contributed by atoms with E-state index in [0.29, 0.717) is 13.0 Å². The van der Waals surface area contributed by atoms with E-state index < -0.39 is 0 Å². The molecule has 6 heteroatoms. The third kappa shape index (κ3) is 8.47. The molecule has 25 heavy (non-hydrogen) atoms. The van der Waals surface area contributed by atoms with Crippen LogP contribution in [0.15, 0.2) is 0 Å². The van der Waals surface area contributed by atoms with Crippen LogP contribution >= 0.6 is 24.8 Å². The molecule has 1 heterocycles. The lowest BCUT2D eigenvalue weighted by atomic mass is 9.71. The van der Waals surface area contributed by atoms with Gasteiger partial charge in [0.15, 0.2) is 0 Å². The number of hydrogen-bond acceptors (Lipinski definition) is 3. The second-order valence-electron chi connectivity index (χ2n) is 8.35. The number of rotatable bonds is 7. The first-order chi connectivity index (χ1) is 11.0. The maximum absolute atomic E-state index is 12.3. The minimum atomic E-state index is 0. The van der Waals surface area contributed by atoms with Crippen LogP contribution in [0.1, 0.15) is 65.2 Å². The Balaban J connectivity index is 0.00000288. The number of nitrogens with zero attached hydrogens (tertiary/aromatic N) is 1. The molecule has 0 aromatic heterocycles. The predicted octanol–water partition coefficient (Wildman–Crippen LogP) is 3.61. The minimum Gasteiger partial charge on any atom is -0.356 e. The molecule has 2 unspecified atom stereocenters. The van der Waals surface area contributed by atoms with Gasteiger partial charge in [-0.15, -0.1) is 24.8 Å². The molecule has 4 nitrogen and oxygen atoms in total. The Morgan fingerprint density at radius 3 is 2.28 bits per heavy atom. The number of carbonyl (C=O) groups excluding carboxylic acids is 1. The summed E-state index contributed by atoms with van der Waals surface area (Å²) in [6.45, 7) is 9.70. The lowest BCUT2D eigenvalue weighted by Crippen LogP contribution is -2.41. The average molecular weight is 396 g/mol. The number of carbonyl (C=O) groups is 1. The van der Waals surface area contributed by atoms with Crippen LogP contribution in [0.3, 0.4) is 0 Å². The summed E-state index contributed by atoms with van der Waals surface area (Å²) < 4.78 is 0. The highest BCUT2D eigenvalue weighted by Gasteiger charge is 2.32. The van der Waals surface area contributed by atoms with Gasteiger partial charge in [-0.2, -0.15) is 0 Å².